The molecule has 0 unspecified atom stereocenters. The quantitative estimate of drug-likeness (QED) is 0.603. The highest BCUT2D eigenvalue weighted by Crippen LogP contribution is 2.28. The number of hydrogen-bond acceptors (Lipinski definition) is 4. The molecule has 128 valence electrons. The van der Waals surface area contributed by atoms with Gasteiger partial charge in [0, 0.05) is 6.08 Å². The molecule has 0 saturated heterocycles. The molecule has 7 heteroatoms. The molecule has 4 nitrogen and oxygen atoms in total. The number of hydrogen-bond donors (Lipinski definition) is 0. The van der Waals surface area contributed by atoms with Crippen LogP contribution >= 0.6 is 0 Å². The van der Waals surface area contributed by atoms with Crippen LogP contribution in [-0.2, 0) is 4.74 Å². The van der Waals surface area contributed by atoms with Gasteiger partial charge >= 0.3 is 12.3 Å². The number of ether oxygens (including phenoxy) is 2. The van der Waals surface area contributed by atoms with Gasteiger partial charge in [-0.2, -0.15) is 5.26 Å². The Labute approximate surface area is 137 Å². The Balaban J connectivity index is 1.85. The van der Waals surface area contributed by atoms with Crippen LogP contribution in [0.25, 0.3) is 0 Å². The third-order valence-corrected chi connectivity index (χ3v) is 3.76. The minimum Gasteiger partial charge on any atom is -0.459 e. The van der Waals surface area contributed by atoms with Gasteiger partial charge in [-0.1, -0.05) is 6.08 Å². The van der Waals surface area contributed by atoms with E-state index in [-0.39, 0.29) is 17.4 Å². The molecule has 1 saturated carbocycles. The van der Waals surface area contributed by atoms with Crippen LogP contribution < -0.4 is 4.74 Å². The van der Waals surface area contributed by atoms with Crippen LogP contribution in [0.1, 0.15) is 36.0 Å². The molecule has 1 fully saturated rings. The van der Waals surface area contributed by atoms with E-state index in [0.717, 1.165) is 25.0 Å². The van der Waals surface area contributed by atoms with Crippen molar-refractivity contribution in [3.63, 3.8) is 0 Å². The highest BCUT2D eigenvalue weighted by molar-refractivity contribution is 5.89. The highest BCUT2D eigenvalue weighted by Gasteiger charge is 2.31. The van der Waals surface area contributed by atoms with Gasteiger partial charge < -0.3 is 9.47 Å². The third-order valence-electron chi connectivity index (χ3n) is 3.76. The van der Waals surface area contributed by atoms with Crippen molar-refractivity contribution in [1.29, 1.82) is 5.26 Å². The molecule has 0 N–H and O–H groups in total. The second-order valence-corrected chi connectivity index (χ2v) is 5.50. The predicted molar refractivity (Wildman–Crippen MR) is 79.0 cm³/mol. The van der Waals surface area contributed by atoms with Crippen molar-refractivity contribution in [1.82, 2.24) is 0 Å². The normalized spacial score (nSPS) is 21.2. The first kappa shape index (κ1) is 17.9. The zero-order valence-electron chi connectivity index (χ0n) is 12.8. The number of alkyl halides is 3. The zero-order valence-corrected chi connectivity index (χ0v) is 12.8. The number of carbonyl (C=O) groups excluding carboxylic acids is 1. The van der Waals surface area contributed by atoms with Crippen molar-refractivity contribution in [3.05, 3.63) is 42.0 Å². The van der Waals surface area contributed by atoms with Crippen molar-refractivity contribution in [3.8, 4) is 11.8 Å². The van der Waals surface area contributed by atoms with Crippen LogP contribution in [0.15, 0.2) is 36.4 Å². The SMILES string of the molecule is N#CC=CC1CCC(OC(=O)c2ccc(OC(F)(F)F)cc2)CC1. The van der Waals surface area contributed by atoms with E-state index in [2.05, 4.69) is 4.74 Å². The molecule has 0 heterocycles. The molecule has 0 aliphatic heterocycles. The van der Waals surface area contributed by atoms with Gasteiger partial charge in [0.05, 0.1) is 11.6 Å². The average molecular weight is 339 g/mol. The number of halogens is 3. The van der Waals surface area contributed by atoms with E-state index < -0.39 is 12.3 Å². The van der Waals surface area contributed by atoms with Gasteiger partial charge in [-0.15, -0.1) is 13.2 Å². The zero-order chi connectivity index (χ0) is 17.6. The summed E-state index contributed by atoms with van der Waals surface area (Å²) in [5.41, 5.74) is 0.177. The van der Waals surface area contributed by atoms with Gasteiger partial charge in [0.15, 0.2) is 0 Å². The van der Waals surface area contributed by atoms with Crippen LogP contribution in [-0.4, -0.2) is 18.4 Å². The van der Waals surface area contributed by atoms with Crippen molar-refractivity contribution in [2.45, 2.75) is 38.1 Å². The third kappa shape index (κ3) is 5.61. The minimum absolute atomic E-state index is 0.177. The first-order valence-corrected chi connectivity index (χ1v) is 7.50. The summed E-state index contributed by atoms with van der Waals surface area (Å²) >= 11 is 0. The predicted octanol–water partition coefficient (Wildman–Crippen LogP) is 4.38. The van der Waals surface area contributed by atoms with E-state index in [1.54, 1.807) is 0 Å². The lowest BCUT2D eigenvalue weighted by Gasteiger charge is -2.26. The minimum atomic E-state index is -4.76. The molecule has 2 rings (SSSR count). The topological polar surface area (TPSA) is 59.3 Å². The number of nitrogens with zero attached hydrogens (tertiary/aromatic N) is 1. The molecule has 0 spiro atoms. The first-order valence-electron chi connectivity index (χ1n) is 7.50. The lowest BCUT2D eigenvalue weighted by molar-refractivity contribution is -0.274. The summed E-state index contributed by atoms with van der Waals surface area (Å²) in [7, 11) is 0. The van der Waals surface area contributed by atoms with Crippen LogP contribution in [0.3, 0.4) is 0 Å². The lowest BCUT2D eigenvalue weighted by atomic mass is 9.87. The van der Waals surface area contributed by atoms with Gasteiger partial charge in [0.1, 0.15) is 11.9 Å². The smallest absolute Gasteiger partial charge is 0.459 e. The fourth-order valence-corrected chi connectivity index (χ4v) is 2.59. The molecule has 1 aliphatic rings. The largest absolute Gasteiger partial charge is 0.573 e. The maximum absolute atomic E-state index is 12.1. The Bertz CT molecular complexity index is 624. The number of carbonyl (C=O) groups is 1. The number of nitriles is 1. The van der Waals surface area contributed by atoms with E-state index in [4.69, 9.17) is 10.00 Å². The first-order chi connectivity index (χ1) is 11.4. The number of allylic oxidation sites excluding steroid dienone is 2. The average Bonchev–Trinajstić information content (AvgIpc) is 2.53. The monoisotopic (exact) mass is 339 g/mol. The van der Waals surface area contributed by atoms with E-state index in [1.807, 2.05) is 12.1 Å². The van der Waals surface area contributed by atoms with Crippen LogP contribution in [0.2, 0.25) is 0 Å². The molecule has 0 amide bonds. The molecule has 0 bridgehead atoms. The van der Waals surface area contributed by atoms with E-state index >= 15 is 0 Å². The molecule has 1 aliphatic carbocycles. The van der Waals surface area contributed by atoms with Crippen molar-refractivity contribution < 1.29 is 27.4 Å². The van der Waals surface area contributed by atoms with E-state index in [1.165, 1.54) is 18.2 Å². The van der Waals surface area contributed by atoms with E-state index in [9.17, 15) is 18.0 Å². The number of rotatable bonds is 4. The Morgan fingerprint density at radius 2 is 1.79 bits per heavy atom. The fourth-order valence-electron chi connectivity index (χ4n) is 2.59. The molecule has 0 radical (unpaired) electrons. The lowest BCUT2D eigenvalue weighted by Crippen LogP contribution is -2.24. The summed E-state index contributed by atoms with van der Waals surface area (Å²) in [4.78, 5) is 12.0. The highest BCUT2D eigenvalue weighted by atomic mass is 19.4. The summed E-state index contributed by atoms with van der Waals surface area (Å²) in [5.74, 6) is -0.633. The summed E-state index contributed by atoms with van der Waals surface area (Å²) in [6.45, 7) is 0. The standard InChI is InChI=1S/C17H16F3NO3/c18-17(19,20)24-15-9-5-13(6-10-15)16(22)23-14-7-3-12(4-8-14)2-1-11-21/h1-2,5-6,9-10,12,14H,3-4,7-8H2. The van der Waals surface area contributed by atoms with Crippen molar-refractivity contribution >= 4 is 5.97 Å². The molecule has 24 heavy (non-hydrogen) atoms. The van der Waals surface area contributed by atoms with Gasteiger partial charge in [0.25, 0.3) is 0 Å². The van der Waals surface area contributed by atoms with Crippen LogP contribution in [0, 0.1) is 17.2 Å². The van der Waals surface area contributed by atoms with Crippen LogP contribution in [0.4, 0.5) is 13.2 Å². The van der Waals surface area contributed by atoms with Gasteiger partial charge in [-0.05, 0) is 55.9 Å². The van der Waals surface area contributed by atoms with Gasteiger partial charge in [-0.25, -0.2) is 4.79 Å². The Kier molecular flexibility index (Phi) is 5.85. The number of benzene rings is 1. The molecule has 0 atom stereocenters. The molecule has 1 aromatic carbocycles. The molecular weight excluding hydrogens is 323 g/mol. The Hall–Kier alpha value is -2.49. The second kappa shape index (κ2) is 7.86. The summed E-state index contributed by atoms with van der Waals surface area (Å²) in [6.07, 6.45) is 1.39. The van der Waals surface area contributed by atoms with Gasteiger partial charge in [-0.3, -0.25) is 0 Å². The molecular formula is C17H16F3NO3. The second-order valence-electron chi connectivity index (χ2n) is 5.50. The molecule has 0 aromatic heterocycles. The van der Waals surface area contributed by atoms with Gasteiger partial charge in [0.2, 0.25) is 0 Å². The maximum Gasteiger partial charge on any atom is 0.573 e. The maximum atomic E-state index is 12.1. The van der Waals surface area contributed by atoms with Crippen molar-refractivity contribution in [2.24, 2.45) is 5.92 Å². The number of esters is 1. The Morgan fingerprint density at radius 3 is 2.33 bits per heavy atom. The fraction of sp³-hybridized carbons (Fsp3) is 0.412. The molecule has 1 aromatic rings. The summed E-state index contributed by atoms with van der Waals surface area (Å²) in [5, 5.41) is 8.50. The van der Waals surface area contributed by atoms with Crippen molar-refractivity contribution in [2.75, 3.05) is 0 Å². The summed E-state index contributed by atoms with van der Waals surface area (Å²) < 4.78 is 45.4. The van der Waals surface area contributed by atoms with E-state index in [0.29, 0.717) is 18.8 Å². The Morgan fingerprint density at radius 1 is 1.17 bits per heavy atom. The van der Waals surface area contributed by atoms with Crippen LogP contribution in [0.5, 0.6) is 5.75 Å². The summed E-state index contributed by atoms with van der Waals surface area (Å²) in [6, 6.07) is 6.59.